The lowest BCUT2D eigenvalue weighted by atomic mass is 10.3. The van der Waals surface area contributed by atoms with E-state index in [0.29, 0.717) is 11.4 Å². The van der Waals surface area contributed by atoms with E-state index < -0.39 is 5.97 Å². The van der Waals surface area contributed by atoms with Crippen molar-refractivity contribution in [1.82, 2.24) is 9.78 Å². The normalized spacial score (nSPS) is 10.8. The van der Waals surface area contributed by atoms with Gasteiger partial charge < -0.3 is 14.9 Å². The average molecular weight is 276 g/mol. The Hall–Kier alpha value is -2.50. The molecule has 0 saturated carbocycles. The maximum atomic E-state index is 11.0. The predicted octanol–water partition coefficient (Wildman–Crippen LogP) is 2.45. The fraction of sp³-hybridized carbons (Fsp3) is 0.286. The molecule has 0 saturated heterocycles. The first-order chi connectivity index (χ1) is 9.47. The number of phenols is 1. The third-order valence-electron chi connectivity index (χ3n) is 2.74. The van der Waals surface area contributed by atoms with Gasteiger partial charge in [0.25, 0.3) is 0 Å². The van der Waals surface area contributed by atoms with Crippen LogP contribution in [-0.4, -0.2) is 26.0 Å². The molecular weight excluding hydrogens is 260 g/mol. The lowest BCUT2D eigenvalue weighted by molar-refractivity contribution is 0.0689. The summed E-state index contributed by atoms with van der Waals surface area (Å²) in [5.41, 5.74) is 0.688. The van der Waals surface area contributed by atoms with Gasteiger partial charge in [-0.2, -0.15) is 5.10 Å². The van der Waals surface area contributed by atoms with Gasteiger partial charge in [0, 0.05) is 6.04 Å². The lowest BCUT2D eigenvalue weighted by Gasteiger charge is -2.11. The number of aromatic hydroxyl groups is 1. The van der Waals surface area contributed by atoms with Crippen molar-refractivity contribution in [2.24, 2.45) is 0 Å². The van der Waals surface area contributed by atoms with Crippen molar-refractivity contribution in [3.8, 4) is 11.5 Å². The van der Waals surface area contributed by atoms with Crippen LogP contribution in [0.15, 0.2) is 30.3 Å². The number of ether oxygens (including phenoxy) is 1. The van der Waals surface area contributed by atoms with E-state index in [2.05, 4.69) is 5.10 Å². The highest BCUT2D eigenvalue weighted by Gasteiger charge is 2.15. The molecular formula is C14H16N2O4. The molecule has 2 N–H and O–H groups in total. The predicted molar refractivity (Wildman–Crippen MR) is 72.0 cm³/mol. The Bertz CT molecular complexity index is 602. The number of hydrogen-bond acceptors (Lipinski definition) is 4. The molecule has 0 fully saturated rings. The number of carbonyl (C=O) groups is 1. The summed E-state index contributed by atoms with van der Waals surface area (Å²) in [5, 5.41) is 22.2. The number of carboxylic acids is 1. The quantitative estimate of drug-likeness (QED) is 0.876. The molecule has 1 heterocycles. The average Bonchev–Trinajstić information content (AvgIpc) is 2.82. The van der Waals surface area contributed by atoms with Crippen molar-refractivity contribution in [3.05, 3.63) is 41.7 Å². The van der Waals surface area contributed by atoms with Crippen LogP contribution in [0.2, 0.25) is 0 Å². The largest absolute Gasteiger partial charge is 0.508 e. The molecule has 1 aromatic heterocycles. The molecule has 2 rings (SSSR count). The summed E-state index contributed by atoms with van der Waals surface area (Å²) in [6, 6.07) is 7.88. The van der Waals surface area contributed by atoms with E-state index >= 15 is 0 Å². The van der Waals surface area contributed by atoms with Crippen LogP contribution in [0.25, 0.3) is 0 Å². The molecule has 0 amide bonds. The molecule has 106 valence electrons. The Kier molecular flexibility index (Phi) is 3.93. The SMILES string of the molecule is CC(C)n1nc(C(=O)O)cc1COc1ccc(O)cc1. The highest BCUT2D eigenvalue weighted by molar-refractivity contribution is 5.85. The Morgan fingerprint density at radius 3 is 2.55 bits per heavy atom. The zero-order valence-corrected chi connectivity index (χ0v) is 11.3. The number of rotatable bonds is 5. The number of nitrogens with zero attached hydrogens (tertiary/aromatic N) is 2. The van der Waals surface area contributed by atoms with Gasteiger partial charge in [-0.1, -0.05) is 0 Å². The summed E-state index contributed by atoms with van der Waals surface area (Å²) >= 11 is 0. The fourth-order valence-corrected chi connectivity index (χ4v) is 1.79. The number of benzene rings is 1. The first-order valence-electron chi connectivity index (χ1n) is 6.21. The maximum absolute atomic E-state index is 11.0. The van der Waals surface area contributed by atoms with E-state index in [9.17, 15) is 9.90 Å². The second kappa shape index (κ2) is 5.64. The summed E-state index contributed by atoms with van der Waals surface area (Å²) in [6.07, 6.45) is 0. The molecule has 0 aliphatic heterocycles. The van der Waals surface area contributed by atoms with Gasteiger partial charge in [0.05, 0.1) is 5.69 Å². The van der Waals surface area contributed by atoms with E-state index in [4.69, 9.17) is 9.84 Å². The van der Waals surface area contributed by atoms with Gasteiger partial charge in [0.15, 0.2) is 5.69 Å². The molecule has 2 aromatic rings. The molecule has 0 spiro atoms. The smallest absolute Gasteiger partial charge is 0.356 e. The first kappa shape index (κ1) is 13.9. The summed E-state index contributed by atoms with van der Waals surface area (Å²) in [7, 11) is 0. The molecule has 0 bridgehead atoms. The Morgan fingerprint density at radius 1 is 1.35 bits per heavy atom. The van der Waals surface area contributed by atoms with Gasteiger partial charge in [-0.15, -0.1) is 0 Å². The van der Waals surface area contributed by atoms with Gasteiger partial charge in [0.1, 0.15) is 18.1 Å². The summed E-state index contributed by atoms with van der Waals surface area (Å²) in [6.45, 7) is 4.05. The van der Waals surface area contributed by atoms with Crippen LogP contribution in [0.4, 0.5) is 0 Å². The van der Waals surface area contributed by atoms with Crippen LogP contribution in [0.1, 0.15) is 36.1 Å². The minimum atomic E-state index is -1.06. The van der Waals surface area contributed by atoms with Crippen LogP contribution in [0.5, 0.6) is 11.5 Å². The van der Waals surface area contributed by atoms with Crippen LogP contribution in [0.3, 0.4) is 0 Å². The van der Waals surface area contributed by atoms with E-state index in [1.807, 2.05) is 13.8 Å². The minimum absolute atomic E-state index is 0.00278. The van der Waals surface area contributed by atoms with Crippen molar-refractivity contribution in [1.29, 1.82) is 0 Å². The topological polar surface area (TPSA) is 84.6 Å². The van der Waals surface area contributed by atoms with Gasteiger partial charge in [-0.25, -0.2) is 4.79 Å². The van der Waals surface area contributed by atoms with Crippen LogP contribution in [-0.2, 0) is 6.61 Å². The Morgan fingerprint density at radius 2 is 2.00 bits per heavy atom. The van der Waals surface area contributed by atoms with E-state index in [-0.39, 0.29) is 24.1 Å². The molecule has 0 atom stereocenters. The molecule has 0 aliphatic rings. The Labute approximate surface area is 116 Å². The van der Waals surface area contributed by atoms with E-state index in [1.165, 1.54) is 18.2 Å². The number of aromatic nitrogens is 2. The lowest BCUT2D eigenvalue weighted by Crippen LogP contribution is -2.10. The zero-order valence-electron chi connectivity index (χ0n) is 11.3. The maximum Gasteiger partial charge on any atom is 0.356 e. The van der Waals surface area contributed by atoms with Gasteiger partial charge >= 0.3 is 5.97 Å². The zero-order chi connectivity index (χ0) is 14.7. The number of phenolic OH excluding ortho intramolecular Hbond substituents is 1. The van der Waals surface area contributed by atoms with Crippen molar-refractivity contribution < 1.29 is 19.7 Å². The highest BCUT2D eigenvalue weighted by Crippen LogP contribution is 2.18. The molecule has 6 heteroatoms. The molecule has 0 unspecified atom stereocenters. The number of aromatic carboxylic acids is 1. The van der Waals surface area contributed by atoms with Crippen LogP contribution in [0, 0.1) is 0 Å². The standard InChI is InChI=1S/C14H16N2O4/c1-9(2)16-10(7-13(15-16)14(18)19)8-20-12-5-3-11(17)4-6-12/h3-7,9,17H,8H2,1-2H3,(H,18,19). The van der Waals surface area contributed by atoms with Crippen molar-refractivity contribution in [2.45, 2.75) is 26.5 Å². The van der Waals surface area contributed by atoms with Crippen molar-refractivity contribution in [2.75, 3.05) is 0 Å². The number of hydrogen-bond donors (Lipinski definition) is 2. The third-order valence-corrected chi connectivity index (χ3v) is 2.74. The second-order valence-corrected chi connectivity index (χ2v) is 4.65. The van der Waals surface area contributed by atoms with Gasteiger partial charge in [0.2, 0.25) is 0 Å². The van der Waals surface area contributed by atoms with Crippen LogP contribution >= 0.6 is 0 Å². The number of carboxylic acid groups (broad SMARTS) is 1. The summed E-state index contributed by atoms with van der Waals surface area (Å²) in [4.78, 5) is 11.0. The highest BCUT2D eigenvalue weighted by atomic mass is 16.5. The molecule has 1 aromatic carbocycles. The molecule has 0 radical (unpaired) electrons. The first-order valence-corrected chi connectivity index (χ1v) is 6.21. The Balaban J connectivity index is 2.15. The van der Waals surface area contributed by atoms with E-state index in [1.54, 1.807) is 16.8 Å². The van der Waals surface area contributed by atoms with Crippen molar-refractivity contribution in [3.63, 3.8) is 0 Å². The second-order valence-electron chi connectivity index (χ2n) is 4.65. The van der Waals surface area contributed by atoms with Crippen LogP contribution < -0.4 is 4.74 Å². The summed E-state index contributed by atoms with van der Waals surface area (Å²) in [5.74, 6) is -0.302. The molecule has 6 nitrogen and oxygen atoms in total. The molecule has 20 heavy (non-hydrogen) atoms. The summed E-state index contributed by atoms with van der Waals surface area (Å²) < 4.78 is 7.19. The monoisotopic (exact) mass is 276 g/mol. The van der Waals surface area contributed by atoms with Crippen molar-refractivity contribution >= 4 is 5.97 Å². The fourth-order valence-electron chi connectivity index (χ4n) is 1.79. The third kappa shape index (κ3) is 3.09. The van der Waals surface area contributed by atoms with Gasteiger partial charge in [-0.3, -0.25) is 4.68 Å². The minimum Gasteiger partial charge on any atom is -0.508 e. The van der Waals surface area contributed by atoms with E-state index in [0.717, 1.165) is 0 Å². The molecule has 0 aliphatic carbocycles. The van der Waals surface area contributed by atoms with Gasteiger partial charge in [-0.05, 0) is 44.2 Å².